The van der Waals surface area contributed by atoms with Gasteiger partial charge in [-0.25, -0.2) is 0 Å². The maximum atomic E-state index is 5.50. The fourth-order valence-corrected chi connectivity index (χ4v) is 1.32. The summed E-state index contributed by atoms with van der Waals surface area (Å²) in [4.78, 5) is 4.12. The second-order valence-corrected chi connectivity index (χ2v) is 3.40. The lowest BCUT2D eigenvalue weighted by Gasteiger charge is -1.99. The molecule has 4 nitrogen and oxygen atoms in total. The molecule has 0 spiro atoms. The first-order chi connectivity index (χ1) is 6.68. The summed E-state index contributed by atoms with van der Waals surface area (Å²) in [5.74, 6) is 1.55. The summed E-state index contributed by atoms with van der Waals surface area (Å²) < 4.78 is 10.5. The average molecular weight is 192 g/mol. The largest absolute Gasteiger partial charge is 0.461 e. The van der Waals surface area contributed by atoms with Crippen LogP contribution in [0, 0.1) is 0 Å². The molecule has 0 aliphatic rings. The standard InChI is InChI=1S/C10H12N2O2/c1-6(2)8-9(14-10(11)12-8)7-4-3-5-13-7/h3-6H,1-2H3,(H2,11,12). The minimum atomic E-state index is 0.181. The number of nitrogens with zero attached hydrogens (tertiary/aromatic N) is 1. The third kappa shape index (κ3) is 1.39. The summed E-state index contributed by atoms with van der Waals surface area (Å²) in [6.07, 6.45) is 1.60. The highest BCUT2D eigenvalue weighted by atomic mass is 16.4. The number of nitrogen functional groups attached to an aromatic ring is 1. The van der Waals surface area contributed by atoms with E-state index in [1.54, 1.807) is 12.3 Å². The van der Waals surface area contributed by atoms with Gasteiger partial charge >= 0.3 is 0 Å². The number of oxazole rings is 1. The number of hydrogen-bond acceptors (Lipinski definition) is 4. The van der Waals surface area contributed by atoms with Gasteiger partial charge in [0, 0.05) is 0 Å². The van der Waals surface area contributed by atoms with Crippen molar-refractivity contribution in [1.29, 1.82) is 0 Å². The summed E-state index contributed by atoms with van der Waals surface area (Å²) >= 11 is 0. The molecule has 0 fully saturated rings. The van der Waals surface area contributed by atoms with Gasteiger partial charge in [0.05, 0.1) is 12.0 Å². The Morgan fingerprint density at radius 2 is 2.21 bits per heavy atom. The van der Waals surface area contributed by atoms with E-state index in [0.29, 0.717) is 11.5 Å². The number of anilines is 1. The summed E-state index contributed by atoms with van der Waals surface area (Å²) in [6, 6.07) is 3.81. The molecule has 4 heteroatoms. The van der Waals surface area contributed by atoms with Crippen LogP contribution in [0.4, 0.5) is 6.01 Å². The van der Waals surface area contributed by atoms with Gasteiger partial charge in [0.2, 0.25) is 0 Å². The van der Waals surface area contributed by atoms with Crippen molar-refractivity contribution < 1.29 is 8.83 Å². The van der Waals surface area contributed by atoms with Crippen molar-refractivity contribution >= 4 is 6.01 Å². The molecule has 0 amide bonds. The molecule has 0 saturated heterocycles. The molecule has 0 bridgehead atoms. The normalized spacial score (nSPS) is 11.1. The van der Waals surface area contributed by atoms with Crippen LogP contribution >= 0.6 is 0 Å². The van der Waals surface area contributed by atoms with Crippen molar-refractivity contribution in [3.8, 4) is 11.5 Å². The lowest BCUT2D eigenvalue weighted by atomic mass is 10.1. The minimum Gasteiger partial charge on any atom is -0.461 e. The van der Waals surface area contributed by atoms with E-state index in [0.717, 1.165) is 5.69 Å². The molecular weight excluding hydrogens is 180 g/mol. The van der Waals surface area contributed by atoms with Gasteiger partial charge in [0.25, 0.3) is 6.01 Å². The first-order valence-electron chi connectivity index (χ1n) is 4.48. The highest BCUT2D eigenvalue weighted by Gasteiger charge is 2.18. The Labute approximate surface area is 81.7 Å². The molecule has 2 aromatic heterocycles. The monoisotopic (exact) mass is 192 g/mol. The van der Waals surface area contributed by atoms with Crippen LogP contribution < -0.4 is 5.73 Å². The van der Waals surface area contributed by atoms with E-state index in [1.807, 2.05) is 19.9 Å². The van der Waals surface area contributed by atoms with Gasteiger partial charge in [-0.2, -0.15) is 4.98 Å². The first kappa shape index (κ1) is 8.87. The van der Waals surface area contributed by atoms with E-state index >= 15 is 0 Å². The third-order valence-electron chi connectivity index (χ3n) is 1.96. The number of aromatic nitrogens is 1. The minimum absolute atomic E-state index is 0.181. The molecule has 2 aromatic rings. The van der Waals surface area contributed by atoms with Crippen LogP contribution in [0.25, 0.3) is 11.5 Å². The maximum absolute atomic E-state index is 5.50. The molecule has 2 heterocycles. The second kappa shape index (κ2) is 3.21. The number of furan rings is 1. The van der Waals surface area contributed by atoms with Crippen LogP contribution in [0.15, 0.2) is 27.2 Å². The van der Waals surface area contributed by atoms with E-state index in [4.69, 9.17) is 14.6 Å². The van der Waals surface area contributed by atoms with Crippen LogP contribution in [0.3, 0.4) is 0 Å². The van der Waals surface area contributed by atoms with Crippen molar-refractivity contribution in [1.82, 2.24) is 4.98 Å². The predicted octanol–water partition coefficient (Wildman–Crippen LogP) is 2.64. The van der Waals surface area contributed by atoms with Crippen LogP contribution in [-0.2, 0) is 0 Å². The van der Waals surface area contributed by atoms with Crippen LogP contribution in [0.2, 0.25) is 0 Å². The smallest absolute Gasteiger partial charge is 0.292 e. The zero-order chi connectivity index (χ0) is 10.1. The Bertz CT molecular complexity index is 415. The number of nitrogens with two attached hydrogens (primary N) is 1. The Morgan fingerprint density at radius 3 is 2.79 bits per heavy atom. The summed E-state index contributed by atoms with van der Waals surface area (Å²) in [7, 11) is 0. The van der Waals surface area contributed by atoms with E-state index in [1.165, 1.54) is 0 Å². The van der Waals surface area contributed by atoms with Gasteiger partial charge in [0.15, 0.2) is 11.5 Å². The Balaban J connectivity index is 2.52. The van der Waals surface area contributed by atoms with Gasteiger partial charge in [-0.1, -0.05) is 13.8 Å². The molecule has 0 unspecified atom stereocenters. The molecule has 2 N–H and O–H groups in total. The molecular formula is C10H12N2O2. The Kier molecular flexibility index (Phi) is 2.04. The first-order valence-corrected chi connectivity index (χ1v) is 4.48. The third-order valence-corrected chi connectivity index (χ3v) is 1.96. The number of rotatable bonds is 2. The van der Waals surface area contributed by atoms with E-state index in [2.05, 4.69) is 4.98 Å². The van der Waals surface area contributed by atoms with Crippen molar-refractivity contribution in [2.75, 3.05) is 5.73 Å². The molecule has 74 valence electrons. The van der Waals surface area contributed by atoms with E-state index in [-0.39, 0.29) is 11.9 Å². The molecule has 0 aliphatic carbocycles. The van der Waals surface area contributed by atoms with Gasteiger partial charge in [-0.3, -0.25) is 0 Å². The van der Waals surface area contributed by atoms with Crippen LogP contribution in [0.5, 0.6) is 0 Å². The highest BCUT2D eigenvalue weighted by molar-refractivity contribution is 5.55. The Morgan fingerprint density at radius 1 is 1.43 bits per heavy atom. The Hall–Kier alpha value is -1.71. The molecule has 0 aliphatic heterocycles. The summed E-state index contributed by atoms with van der Waals surface area (Å²) in [5.41, 5.74) is 6.33. The van der Waals surface area contributed by atoms with Gasteiger partial charge in [-0.15, -0.1) is 0 Å². The molecule has 0 radical (unpaired) electrons. The second-order valence-electron chi connectivity index (χ2n) is 3.40. The van der Waals surface area contributed by atoms with E-state index in [9.17, 15) is 0 Å². The fourth-order valence-electron chi connectivity index (χ4n) is 1.32. The van der Waals surface area contributed by atoms with Crippen molar-refractivity contribution in [2.45, 2.75) is 19.8 Å². The van der Waals surface area contributed by atoms with Gasteiger partial charge in [-0.05, 0) is 18.1 Å². The average Bonchev–Trinajstić information content (AvgIpc) is 2.70. The van der Waals surface area contributed by atoms with Crippen molar-refractivity contribution in [3.05, 3.63) is 24.1 Å². The molecule has 0 saturated carbocycles. The SMILES string of the molecule is CC(C)c1nc(N)oc1-c1ccco1. The highest BCUT2D eigenvalue weighted by Crippen LogP contribution is 2.30. The number of hydrogen-bond donors (Lipinski definition) is 1. The van der Waals surface area contributed by atoms with Crippen LogP contribution in [-0.4, -0.2) is 4.98 Å². The summed E-state index contributed by atoms with van der Waals surface area (Å²) in [5, 5.41) is 0. The van der Waals surface area contributed by atoms with E-state index < -0.39 is 0 Å². The lowest BCUT2D eigenvalue weighted by Crippen LogP contribution is -1.91. The topological polar surface area (TPSA) is 65.2 Å². The summed E-state index contributed by atoms with van der Waals surface area (Å²) in [6.45, 7) is 4.06. The quantitative estimate of drug-likeness (QED) is 0.794. The predicted molar refractivity (Wildman–Crippen MR) is 52.7 cm³/mol. The molecule has 0 aromatic carbocycles. The molecule has 14 heavy (non-hydrogen) atoms. The zero-order valence-electron chi connectivity index (χ0n) is 8.15. The van der Waals surface area contributed by atoms with Crippen LogP contribution in [0.1, 0.15) is 25.5 Å². The van der Waals surface area contributed by atoms with Gasteiger partial charge < -0.3 is 14.6 Å². The van der Waals surface area contributed by atoms with Gasteiger partial charge in [0.1, 0.15) is 0 Å². The maximum Gasteiger partial charge on any atom is 0.292 e. The fraction of sp³-hybridized carbons (Fsp3) is 0.300. The zero-order valence-corrected chi connectivity index (χ0v) is 8.15. The molecule has 2 rings (SSSR count). The van der Waals surface area contributed by atoms with Crippen molar-refractivity contribution in [3.63, 3.8) is 0 Å². The lowest BCUT2D eigenvalue weighted by molar-refractivity contribution is 0.528. The van der Waals surface area contributed by atoms with Crippen molar-refractivity contribution in [2.24, 2.45) is 0 Å². The molecule has 0 atom stereocenters.